The number of rotatable bonds is 30. The minimum atomic E-state index is 0.786. The highest BCUT2D eigenvalue weighted by atomic mass is 32.2. The van der Waals surface area contributed by atoms with Crippen LogP contribution in [0.2, 0.25) is 0 Å². The molecule has 0 N–H and O–H groups in total. The molecule has 0 amide bonds. The van der Waals surface area contributed by atoms with Gasteiger partial charge in [-0.25, -0.2) is 0 Å². The second-order valence-electron chi connectivity index (χ2n) is 16.6. The lowest BCUT2D eigenvalue weighted by Gasteiger charge is -2.20. The lowest BCUT2D eigenvalue weighted by Crippen LogP contribution is -2.05. The molecule has 2 aromatic heterocycles. The van der Waals surface area contributed by atoms with Crippen molar-refractivity contribution in [1.29, 1.82) is 0 Å². The van der Waals surface area contributed by atoms with Gasteiger partial charge in [0.25, 0.3) is 0 Å². The summed E-state index contributed by atoms with van der Waals surface area (Å²) in [6.45, 7) is 21.4. The second kappa shape index (κ2) is 27.4. The van der Waals surface area contributed by atoms with Gasteiger partial charge in [-0.05, 0) is 108 Å². The van der Waals surface area contributed by atoms with Gasteiger partial charge in [0.15, 0.2) is 0 Å². The number of benzene rings is 1. The van der Waals surface area contributed by atoms with Crippen molar-refractivity contribution in [2.45, 2.75) is 165 Å². The van der Waals surface area contributed by atoms with E-state index in [1.54, 1.807) is 8.47 Å². The van der Waals surface area contributed by atoms with Gasteiger partial charge in [-0.1, -0.05) is 145 Å². The average Bonchev–Trinajstić information content (AvgIpc) is 3.99. The first-order chi connectivity index (χ1) is 27.9. The van der Waals surface area contributed by atoms with Crippen molar-refractivity contribution in [3.05, 3.63) is 66.3 Å². The van der Waals surface area contributed by atoms with Gasteiger partial charge in [-0.15, -0.1) is 69.7 Å². The molecular formula is C51H78S6. The van der Waals surface area contributed by atoms with Gasteiger partial charge in [-0.3, -0.25) is 0 Å². The van der Waals surface area contributed by atoms with Crippen molar-refractivity contribution in [2.24, 2.45) is 23.7 Å². The Morgan fingerprint density at radius 1 is 0.509 bits per heavy atom. The van der Waals surface area contributed by atoms with Crippen LogP contribution >= 0.6 is 69.7 Å². The maximum Gasteiger partial charge on any atom is 0.0486 e. The van der Waals surface area contributed by atoms with Gasteiger partial charge in [0.1, 0.15) is 0 Å². The van der Waals surface area contributed by atoms with Gasteiger partial charge in [0.05, 0.1) is 0 Å². The van der Waals surface area contributed by atoms with Crippen LogP contribution in [0.1, 0.15) is 182 Å². The Hall–Kier alpha value is -0.500. The smallest absolute Gasteiger partial charge is 0.0486 e. The van der Waals surface area contributed by atoms with Crippen molar-refractivity contribution in [2.75, 3.05) is 23.0 Å². The van der Waals surface area contributed by atoms with Crippen LogP contribution in [0.5, 0.6) is 0 Å². The molecule has 0 saturated heterocycles. The standard InChI is InChI=1S/C51H78S6/c1-10-18-22-38(14-5)33-54-50(55-34-39(15-6)23-19-11-2)37(9)43-28-30-52-48(43)42-26-27-44-46(32-42)47(45-29-31-53-49(44)45)51(56-35-40(16-7)24-20-12-3)57-36-41(17-8)25-21-13-4/h26-32,38-41H,10-25,33-36H2,1-9H3. The summed E-state index contributed by atoms with van der Waals surface area (Å²) in [4.78, 5) is 2.92. The highest BCUT2D eigenvalue weighted by Crippen LogP contribution is 2.54. The summed E-state index contributed by atoms with van der Waals surface area (Å²) in [5.74, 6) is 8.11. The van der Waals surface area contributed by atoms with Crippen LogP contribution in [0.25, 0.3) is 32.0 Å². The van der Waals surface area contributed by atoms with E-state index in [-0.39, 0.29) is 0 Å². The van der Waals surface area contributed by atoms with E-state index in [9.17, 15) is 0 Å². The molecule has 1 aliphatic carbocycles. The molecule has 2 heterocycles. The summed E-state index contributed by atoms with van der Waals surface area (Å²) < 4.78 is 3.15. The van der Waals surface area contributed by atoms with Crippen molar-refractivity contribution >= 4 is 80.9 Å². The molecule has 0 nitrogen and oxygen atoms in total. The first-order valence-corrected chi connectivity index (χ1v) is 28.8. The molecule has 0 saturated carbocycles. The summed E-state index contributed by atoms with van der Waals surface area (Å²) >= 11 is 12.6. The molecule has 318 valence electrons. The average molecular weight is 884 g/mol. The minimum Gasteiger partial charge on any atom is -0.143 e. The Balaban J connectivity index is 1.76. The molecule has 3 aromatic rings. The minimum absolute atomic E-state index is 0.786. The number of thiophene rings is 2. The number of hydrogen-bond donors (Lipinski definition) is 0. The molecule has 0 radical (unpaired) electrons. The van der Waals surface area contributed by atoms with Crippen LogP contribution < -0.4 is 0 Å². The Bertz CT molecular complexity index is 1600. The third-order valence-electron chi connectivity index (χ3n) is 12.3. The number of allylic oxidation sites excluding steroid dienone is 1. The predicted octanol–water partition coefficient (Wildman–Crippen LogP) is 19.7. The molecule has 4 rings (SSSR count). The fourth-order valence-electron chi connectivity index (χ4n) is 7.92. The van der Waals surface area contributed by atoms with Gasteiger partial charge < -0.3 is 0 Å². The largest absolute Gasteiger partial charge is 0.143 e. The topological polar surface area (TPSA) is 0 Å². The molecule has 57 heavy (non-hydrogen) atoms. The van der Waals surface area contributed by atoms with E-state index < -0.39 is 0 Å². The number of thioether (sulfide) groups is 4. The zero-order valence-corrected chi connectivity index (χ0v) is 42.3. The fourth-order valence-corrected chi connectivity index (χ4v) is 15.8. The Kier molecular flexibility index (Phi) is 23.7. The van der Waals surface area contributed by atoms with Crippen molar-refractivity contribution in [3.63, 3.8) is 0 Å². The summed E-state index contributed by atoms with van der Waals surface area (Å²) in [6.07, 6.45) is 21.1. The van der Waals surface area contributed by atoms with Crippen molar-refractivity contribution < 1.29 is 0 Å². The van der Waals surface area contributed by atoms with Gasteiger partial charge in [0, 0.05) is 57.9 Å². The van der Waals surface area contributed by atoms with E-state index in [1.165, 1.54) is 174 Å². The Morgan fingerprint density at radius 3 is 1.44 bits per heavy atom. The maximum atomic E-state index is 2.60. The second-order valence-corrected chi connectivity index (χ2v) is 23.0. The molecule has 1 aromatic carbocycles. The molecule has 1 aliphatic rings. The molecule has 0 aliphatic heterocycles. The SMILES string of the molecule is CCCCC(CC)CSC(SCC(CC)CCCC)=C(C)c1ccsc1-c1ccc2c(c1)C(=C(SCC(CC)CCCC)SCC(CC)CCCC)c1ccsc1-2. The monoisotopic (exact) mass is 882 g/mol. The first-order valence-electron chi connectivity index (χ1n) is 23.1. The van der Waals surface area contributed by atoms with E-state index in [0.29, 0.717) is 0 Å². The third-order valence-corrected chi connectivity index (χ3v) is 20.2. The van der Waals surface area contributed by atoms with Crippen LogP contribution in [-0.2, 0) is 0 Å². The summed E-state index contributed by atoms with van der Waals surface area (Å²) in [6, 6.07) is 12.4. The van der Waals surface area contributed by atoms with Crippen LogP contribution in [0, 0.1) is 23.7 Å². The Labute approximate surface area is 376 Å². The van der Waals surface area contributed by atoms with Crippen LogP contribution in [0.3, 0.4) is 0 Å². The molecule has 0 fully saturated rings. The third kappa shape index (κ3) is 14.5. The van der Waals surface area contributed by atoms with E-state index in [0.717, 1.165) is 23.7 Å². The molecular weight excluding hydrogens is 805 g/mol. The highest BCUT2D eigenvalue weighted by Gasteiger charge is 2.30. The first kappa shape index (κ1) is 49.2. The maximum absolute atomic E-state index is 2.60. The summed E-state index contributed by atoms with van der Waals surface area (Å²) in [5, 5.41) is 4.69. The molecule has 4 atom stereocenters. The highest BCUT2D eigenvalue weighted by molar-refractivity contribution is 8.22. The summed E-state index contributed by atoms with van der Waals surface area (Å²) in [5.41, 5.74) is 10.3. The molecule has 0 spiro atoms. The molecule has 6 heteroatoms. The summed E-state index contributed by atoms with van der Waals surface area (Å²) in [7, 11) is 0. The number of hydrogen-bond acceptors (Lipinski definition) is 6. The van der Waals surface area contributed by atoms with Gasteiger partial charge in [0.2, 0.25) is 0 Å². The van der Waals surface area contributed by atoms with Gasteiger partial charge in [-0.2, -0.15) is 0 Å². The van der Waals surface area contributed by atoms with Crippen molar-refractivity contribution in [3.8, 4) is 20.9 Å². The van der Waals surface area contributed by atoms with E-state index in [1.807, 2.05) is 22.7 Å². The van der Waals surface area contributed by atoms with Crippen LogP contribution in [0.15, 0.2) is 49.6 Å². The quantitative estimate of drug-likeness (QED) is 0.0511. The van der Waals surface area contributed by atoms with E-state index >= 15 is 0 Å². The lowest BCUT2D eigenvalue weighted by molar-refractivity contribution is 0.499. The number of unbranched alkanes of at least 4 members (excludes halogenated alkanes) is 4. The lowest BCUT2D eigenvalue weighted by atomic mass is 9.99. The van der Waals surface area contributed by atoms with E-state index in [2.05, 4.69) is 150 Å². The van der Waals surface area contributed by atoms with Crippen molar-refractivity contribution in [1.82, 2.24) is 0 Å². The predicted molar refractivity (Wildman–Crippen MR) is 275 cm³/mol. The normalized spacial score (nSPS) is 14.4. The zero-order valence-electron chi connectivity index (χ0n) is 37.4. The van der Waals surface area contributed by atoms with Crippen LogP contribution in [0.4, 0.5) is 0 Å². The Morgan fingerprint density at radius 2 is 0.965 bits per heavy atom. The van der Waals surface area contributed by atoms with Gasteiger partial charge >= 0.3 is 0 Å². The van der Waals surface area contributed by atoms with Crippen LogP contribution in [-0.4, -0.2) is 23.0 Å². The molecule has 0 bridgehead atoms. The zero-order chi connectivity index (χ0) is 41.0. The van der Waals surface area contributed by atoms with E-state index in [4.69, 9.17) is 0 Å². The molecule has 4 unspecified atom stereocenters. The number of fused-ring (bicyclic) bond motifs is 3. The fraction of sp³-hybridized carbons (Fsp3) is 0.647.